The second-order valence-electron chi connectivity index (χ2n) is 6.72. The molecule has 0 unspecified atom stereocenters. The number of hydrogen-bond acceptors (Lipinski definition) is 5. The van der Waals surface area contributed by atoms with Gasteiger partial charge in [0.15, 0.2) is 10.8 Å². The normalized spacial score (nSPS) is 15.4. The van der Waals surface area contributed by atoms with Crippen LogP contribution in [0.4, 0.5) is 10.5 Å². The van der Waals surface area contributed by atoms with Crippen LogP contribution in [-0.4, -0.2) is 51.0 Å². The van der Waals surface area contributed by atoms with Gasteiger partial charge in [0.1, 0.15) is 9.30 Å². The first-order valence-corrected chi connectivity index (χ1v) is 9.05. The van der Waals surface area contributed by atoms with Crippen LogP contribution in [-0.2, 0) is 4.74 Å². The van der Waals surface area contributed by atoms with Gasteiger partial charge in [-0.15, -0.1) is 0 Å². The van der Waals surface area contributed by atoms with E-state index in [0.29, 0.717) is 24.9 Å². The molecule has 0 radical (unpaired) electrons. The lowest BCUT2D eigenvalue weighted by Crippen LogP contribution is -2.36. The molecule has 0 bridgehead atoms. The summed E-state index contributed by atoms with van der Waals surface area (Å²) in [6.07, 6.45) is -0.310. The highest BCUT2D eigenvalue weighted by molar-refractivity contribution is 14.1. The van der Waals surface area contributed by atoms with E-state index in [1.807, 2.05) is 27.7 Å². The minimum Gasteiger partial charge on any atom is -0.444 e. The van der Waals surface area contributed by atoms with E-state index in [-0.39, 0.29) is 6.09 Å². The minimum atomic E-state index is -0.506. The van der Waals surface area contributed by atoms with Crippen molar-refractivity contribution < 1.29 is 9.53 Å². The summed E-state index contributed by atoms with van der Waals surface area (Å²) in [6, 6.07) is 1.79. The van der Waals surface area contributed by atoms with Gasteiger partial charge in [-0.3, -0.25) is 4.90 Å². The summed E-state index contributed by atoms with van der Waals surface area (Å²) >= 11 is 8.37. The molecule has 24 heavy (non-hydrogen) atoms. The van der Waals surface area contributed by atoms with Crippen LogP contribution >= 0.6 is 34.2 Å². The molecular formula is C15H19ClIN5O2. The Bertz CT molecular complexity index is 801. The zero-order chi connectivity index (χ0) is 17.6. The lowest BCUT2D eigenvalue weighted by atomic mass is 10.2. The lowest BCUT2D eigenvalue weighted by Gasteiger charge is -2.25. The van der Waals surface area contributed by atoms with Gasteiger partial charge in [0.25, 0.3) is 0 Å². The van der Waals surface area contributed by atoms with E-state index in [9.17, 15) is 4.79 Å². The van der Waals surface area contributed by atoms with Crippen molar-refractivity contribution in [1.82, 2.24) is 19.5 Å². The Morgan fingerprint density at radius 1 is 1.38 bits per heavy atom. The first-order valence-electron chi connectivity index (χ1n) is 7.60. The summed E-state index contributed by atoms with van der Waals surface area (Å²) in [7, 11) is 0. The van der Waals surface area contributed by atoms with E-state index >= 15 is 0 Å². The maximum absolute atomic E-state index is 12.2. The average Bonchev–Trinajstić information content (AvgIpc) is 3.04. The fourth-order valence-corrected chi connectivity index (χ4v) is 3.19. The van der Waals surface area contributed by atoms with Crippen molar-refractivity contribution in [3.8, 4) is 0 Å². The topological polar surface area (TPSA) is 63.0 Å². The molecule has 3 heterocycles. The number of carbonyl (C=O) groups excluding carboxylic acids is 1. The van der Waals surface area contributed by atoms with Crippen molar-refractivity contribution in [1.29, 1.82) is 0 Å². The molecule has 2 aromatic rings. The summed E-state index contributed by atoms with van der Waals surface area (Å²) in [5, 5.41) is 4.70. The van der Waals surface area contributed by atoms with Crippen molar-refractivity contribution in [3.63, 3.8) is 0 Å². The Morgan fingerprint density at radius 2 is 2.08 bits per heavy atom. The van der Waals surface area contributed by atoms with Crippen LogP contribution < -0.4 is 4.90 Å². The predicted molar refractivity (Wildman–Crippen MR) is 101 cm³/mol. The van der Waals surface area contributed by atoms with Gasteiger partial charge in [-0.2, -0.15) is 5.10 Å². The minimum absolute atomic E-state index is 0.310. The molecule has 1 aliphatic heterocycles. The van der Waals surface area contributed by atoms with E-state index in [2.05, 4.69) is 37.6 Å². The molecule has 0 aliphatic carbocycles. The predicted octanol–water partition coefficient (Wildman–Crippen LogP) is 3.31. The van der Waals surface area contributed by atoms with Crippen LogP contribution in [0.1, 0.15) is 26.5 Å². The summed E-state index contributed by atoms with van der Waals surface area (Å²) in [5.74, 6) is 0. The van der Waals surface area contributed by atoms with Crippen LogP contribution in [0.25, 0.3) is 5.65 Å². The van der Waals surface area contributed by atoms with E-state index in [1.165, 1.54) is 0 Å². The number of aromatic nitrogens is 3. The summed E-state index contributed by atoms with van der Waals surface area (Å²) < 4.78 is 8.11. The molecule has 0 spiro atoms. The summed E-state index contributed by atoms with van der Waals surface area (Å²) in [4.78, 5) is 20.6. The highest BCUT2D eigenvalue weighted by Crippen LogP contribution is 2.28. The fraction of sp³-hybridized carbons (Fsp3) is 0.533. The van der Waals surface area contributed by atoms with Crippen LogP contribution in [0.2, 0.25) is 5.15 Å². The van der Waals surface area contributed by atoms with E-state index < -0.39 is 5.60 Å². The Morgan fingerprint density at radius 3 is 2.75 bits per heavy atom. The molecule has 0 N–H and O–H groups in total. The number of nitrogens with zero attached hydrogens (tertiary/aromatic N) is 5. The average molecular weight is 464 g/mol. The molecule has 1 aliphatic rings. The maximum atomic E-state index is 12.2. The fourth-order valence-electron chi connectivity index (χ4n) is 2.55. The first kappa shape index (κ1) is 17.5. The number of anilines is 1. The Kier molecular flexibility index (Phi) is 4.54. The molecule has 0 aromatic carbocycles. The van der Waals surface area contributed by atoms with Gasteiger partial charge in [0.05, 0.1) is 18.1 Å². The number of amides is 1. The van der Waals surface area contributed by atoms with E-state index in [4.69, 9.17) is 16.3 Å². The monoisotopic (exact) mass is 463 g/mol. The SMILES string of the molecule is Cc1nc2c(N3CCN(C(=O)OC(C)(C)C)C3)cc(Cl)nn2c1I. The number of halogens is 2. The van der Waals surface area contributed by atoms with Gasteiger partial charge in [-0.1, -0.05) is 11.6 Å². The van der Waals surface area contributed by atoms with Gasteiger partial charge in [-0.25, -0.2) is 14.3 Å². The molecule has 0 saturated carbocycles. The largest absolute Gasteiger partial charge is 0.444 e. The van der Waals surface area contributed by atoms with Crippen LogP contribution in [0.15, 0.2) is 6.07 Å². The van der Waals surface area contributed by atoms with E-state index in [0.717, 1.165) is 20.7 Å². The highest BCUT2D eigenvalue weighted by atomic mass is 127. The third-order valence-electron chi connectivity index (χ3n) is 3.61. The molecule has 1 saturated heterocycles. The highest BCUT2D eigenvalue weighted by Gasteiger charge is 2.30. The van der Waals surface area contributed by atoms with Gasteiger partial charge in [0, 0.05) is 19.2 Å². The quantitative estimate of drug-likeness (QED) is 0.607. The molecule has 9 heteroatoms. The molecule has 1 fully saturated rings. The van der Waals surface area contributed by atoms with Gasteiger partial charge in [-0.05, 0) is 50.3 Å². The standard InChI is InChI=1S/C15H19ClIN5O2/c1-9-12(17)22-13(18-9)10(7-11(16)19-22)20-5-6-21(8-20)14(23)24-15(2,3)4/h7H,5-6,8H2,1-4H3. The second kappa shape index (κ2) is 6.21. The lowest BCUT2D eigenvalue weighted by molar-refractivity contribution is 0.0297. The van der Waals surface area contributed by atoms with Gasteiger partial charge < -0.3 is 9.64 Å². The van der Waals surface area contributed by atoms with E-state index in [1.54, 1.807) is 15.5 Å². The van der Waals surface area contributed by atoms with Crippen molar-refractivity contribution in [2.24, 2.45) is 0 Å². The molecule has 0 atom stereocenters. The van der Waals surface area contributed by atoms with Crippen LogP contribution in [0, 0.1) is 10.6 Å². The summed E-state index contributed by atoms with van der Waals surface area (Å²) in [6.45, 7) is 9.24. The van der Waals surface area contributed by atoms with Gasteiger partial charge >= 0.3 is 6.09 Å². The zero-order valence-corrected chi connectivity index (χ0v) is 16.9. The Labute approximate surface area is 159 Å². The van der Waals surface area contributed by atoms with Crippen LogP contribution in [0.3, 0.4) is 0 Å². The third-order valence-corrected chi connectivity index (χ3v) is 5.04. The number of imidazole rings is 1. The zero-order valence-electron chi connectivity index (χ0n) is 14.0. The Balaban J connectivity index is 1.87. The van der Waals surface area contributed by atoms with Crippen molar-refractivity contribution in [2.75, 3.05) is 24.7 Å². The second-order valence-corrected chi connectivity index (χ2v) is 8.13. The number of hydrogen-bond donors (Lipinski definition) is 0. The number of aryl methyl sites for hydroxylation is 1. The summed E-state index contributed by atoms with van der Waals surface area (Å²) in [5.41, 5.74) is 2.00. The number of carbonyl (C=O) groups is 1. The smallest absolute Gasteiger partial charge is 0.411 e. The molecule has 7 nitrogen and oxygen atoms in total. The van der Waals surface area contributed by atoms with Crippen molar-refractivity contribution in [3.05, 3.63) is 20.6 Å². The molecular weight excluding hydrogens is 445 g/mol. The van der Waals surface area contributed by atoms with Crippen molar-refractivity contribution >= 4 is 51.6 Å². The first-order chi connectivity index (χ1) is 11.2. The molecule has 1 amide bonds. The number of ether oxygens (including phenoxy) is 1. The van der Waals surface area contributed by atoms with Gasteiger partial charge in [0.2, 0.25) is 0 Å². The third kappa shape index (κ3) is 3.39. The number of rotatable bonds is 1. The molecule has 2 aromatic heterocycles. The number of fused-ring (bicyclic) bond motifs is 1. The maximum Gasteiger partial charge on any atom is 0.411 e. The Hall–Kier alpha value is -1.29. The van der Waals surface area contributed by atoms with Crippen LogP contribution in [0.5, 0.6) is 0 Å². The van der Waals surface area contributed by atoms with Crippen molar-refractivity contribution in [2.45, 2.75) is 33.3 Å². The molecule has 3 rings (SSSR count). The molecule has 130 valence electrons.